The Hall–Kier alpha value is -1.54. The van der Waals surface area contributed by atoms with Crippen molar-refractivity contribution in [3.05, 3.63) is 35.8 Å². The molecule has 0 aliphatic rings. The summed E-state index contributed by atoms with van der Waals surface area (Å²) in [4.78, 5) is 11.4. The number of alkyl carbamates (subject to hydrolysis) is 1. The van der Waals surface area contributed by atoms with Crippen LogP contribution in [0.4, 0.5) is 13.6 Å². The number of hydrogen-bond donors (Lipinski definition) is 2. The van der Waals surface area contributed by atoms with Crippen molar-refractivity contribution in [3.8, 4) is 0 Å². The molecule has 0 fully saturated rings. The monoisotopic (exact) mass is 362 g/mol. The second-order valence-electron chi connectivity index (χ2n) is 5.92. The van der Waals surface area contributed by atoms with E-state index in [1.807, 2.05) is 12.2 Å². The first-order valence-corrected chi connectivity index (χ1v) is 8.61. The maximum Gasteiger partial charge on any atom is 0.407 e. The molecule has 5 nitrogen and oxygen atoms in total. The fourth-order valence-electron chi connectivity index (χ4n) is 1.64. The molecule has 0 saturated heterocycles. The Kier molecular flexibility index (Phi) is 8.84. The van der Waals surface area contributed by atoms with Gasteiger partial charge in [0.15, 0.2) is 0 Å². The van der Waals surface area contributed by atoms with Gasteiger partial charge in [0.2, 0.25) is 0 Å². The fraction of sp³-hybridized carbons (Fsp3) is 0.562. The molecule has 0 bridgehead atoms. The molecule has 24 heavy (non-hydrogen) atoms. The van der Waals surface area contributed by atoms with E-state index in [4.69, 9.17) is 9.15 Å². The van der Waals surface area contributed by atoms with Gasteiger partial charge in [-0.1, -0.05) is 23.9 Å². The highest BCUT2D eigenvalue weighted by atomic mass is 32.2. The first kappa shape index (κ1) is 20.5. The van der Waals surface area contributed by atoms with E-state index in [1.54, 1.807) is 32.9 Å². The summed E-state index contributed by atoms with van der Waals surface area (Å²) in [6, 6.07) is 3.47. The molecule has 0 radical (unpaired) electrons. The van der Waals surface area contributed by atoms with E-state index in [0.29, 0.717) is 42.9 Å². The summed E-state index contributed by atoms with van der Waals surface area (Å²) in [5.74, 6) is -1.00. The number of carbonyl (C=O) groups is 1. The standard InChI is InChI=1S/C16H24F2N2O3S/c1-16(2,3)23-15(21)20-9-5-4-8-19-10-12-6-7-13(22-12)11-24-14(17)18/h4-7,14,19H,8-11H2,1-3H3,(H,20,21)/b5-4+. The number of carbonyl (C=O) groups excluding carboxylic acids is 1. The van der Waals surface area contributed by atoms with Crippen LogP contribution in [0.2, 0.25) is 0 Å². The number of nitrogens with one attached hydrogen (secondary N) is 2. The minimum Gasteiger partial charge on any atom is -0.464 e. The van der Waals surface area contributed by atoms with Crippen LogP contribution in [0.1, 0.15) is 32.3 Å². The van der Waals surface area contributed by atoms with Gasteiger partial charge in [0.1, 0.15) is 17.1 Å². The summed E-state index contributed by atoms with van der Waals surface area (Å²) in [7, 11) is 0. The number of rotatable bonds is 9. The van der Waals surface area contributed by atoms with Crippen molar-refractivity contribution >= 4 is 17.9 Å². The zero-order valence-corrected chi connectivity index (χ0v) is 14.9. The van der Waals surface area contributed by atoms with Crippen LogP contribution in [0.25, 0.3) is 0 Å². The molecule has 0 aliphatic carbocycles. The highest BCUT2D eigenvalue weighted by Gasteiger charge is 2.14. The van der Waals surface area contributed by atoms with Crippen molar-refractivity contribution in [1.29, 1.82) is 0 Å². The third-order valence-corrected chi connectivity index (χ3v) is 3.26. The average molecular weight is 362 g/mol. The van der Waals surface area contributed by atoms with Crippen LogP contribution in [-0.4, -0.2) is 30.5 Å². The zero-order chi connectivity index (χ0) is 18.0. The van der Waals surface area contributed by atoms with Crippen LogP contribution in [0, 0.1) is 0 Å². The quantitative estimate of drug-likeness (QED) is 0.515. The second-order valence-corrected chi connectivity index (χ2v) is 6.90. The molecule has 2 N–H and O–H groups in total. The van der Waals surface area contributed by atoms with Crippen molar-refractivity contribution in [2.24, 2.45) is 0 Å². The van der Waals surface area contributed by atoms with Crippen molar-refractivity contribution in [2.45, 2.75) is 44.4 Å². The Morgan fingerprint density at radius 2 is 1.96 bits per heavy atom. The van der Waals surface area contributed by atoms with Crippen molar-refractivity contribution in [2.75, 3.05) is 13.1 Å². The van der Waals surface area contributed by atoms with E-state index in [0.717, 1.165) is 0 Å². The molecule has 0 atom stereocenters. The molecule has 136 valence electrons. The van der Waals surface area contributed by atoms with E-state index in [1.165, 1.54) is 0 Å². The summed E-state index contributed by atoms with van der Waals surface area (Å²) in [5.41, 5.74) is -0.509. The van der Waals surface area contributed by atoms with Crippen LogP contribution in [-0.2, 0) is 17.0 Å². The number of furan rings is 1. The molecule has 1 aromatic rings. The maximum absolute atomic E-state index is 12.1. The first-order valence-electron chi connectivity index (χ1n) is 7.56. The third kappa shape index (κ3) is 10.3. The number of halogens is 2. The third-order valence-electron chi connectivity index (χ3n) is 2.56. The van der Waals surface area contributed by atoms with E-state index in [9.17, 15) is 13.6 Å². The molecular formula is C16H24F2N2O3S. The molecule has 1 amide bonds. The Morgan fingerprint density at radius 1 is 1.29 bits per heavy atom. The van der Waals surface area contributed by atoms with Gasteiger partial charge in [0, 0.05) is 13.1 Å². The van der Waals surface area contributed by atoms with Gasteiger partial charge in [-0.2, -0.15) is 8.78 Å². The van der Waals surface area contributed by atoms with Crippen LogP contribution in [0.15, 0.2) is 28.7 Å². The first-order chi connectivity index (χ1) is 11.3. The van der Waals surface area contributed by atoms with E-state index < -0.39 is 17.5 Å². The van der Waals surface area contributed by atoms with Crippen molar-refractivity contribution in [3.63, 3.8) is 0 Å². The molecule has 0 unspecified atom stereocenters. The summed E-state index contributed by atoms with van der Waals surface area (Å²) >= 11 is 0.537. The molecule has 1 heterocycles. The minimum atomic E-state index is -2.39. The number of thioether (sulfide) groups is 1. The Balaban J connectivity index is 2.12. The maximum atomic E-state index is 12.1. The summed E-state index contributed by atoms with van der Waals surface area (Å²) in [6.45, 7) is 6.89. The van der Waals surface area contributed by atoms with Gasteiger partial charge in [-0.3, -0.25) is 0 Å². The fourth-order valence-corrected chi connectivity index (χ4v) is 2.09. The van der Waals surface area contributed by atoms with Crippen LogP contribution < -0.4 is 10.6 Å². The summed E-state index contributed by atoms with van der Waals surface area (Å²) in [6.07, 6.45) is 3.22. The average Bonchev–Trinajstić information content (AvgIpc) is 2.90. The lowest BCUT2D eigenvalue weighted by Crippen LogP contribution is -2.32. The molecule has 0 saturated carbocycles. The van der Waals surface area contributed by atoms with Crippen molar-refractivity contribution in [1.82, 2.24) is 10.6 Å². The lowest BCUT2D eigenvalue weighted by molar-refractivity contribution is 0.0534. The number of hydrogen-bond acceptors (Lipinski definition) is 5. The van der Waals surface area contributed by atoms with E-state index >= 15 is 0 Å². The molecule has 0 aromatic carbocycles. The molecule has 8 heteroatoms. The van der Waals surface area contributed by atoms with Gasteiger partial charge < -0.3 is 19.8 Å². The zero-order valence-electron chi connectivity index (χ0n) is 14.1. The number of amides is 1. The lowest BCUT2D eigenvalue weighted by Gasteiger charge is -2.19. The number of alkyl halides is 2. The number of ether oxygens (including phenoxy) is 1. The van der Waals surface area contributed by atoms with E-state index in [-0.39, 0.29) is 5.75 Å². The van der Waals surface area contributed by atoms with Gasteiger partial charge in [0.05, 0.1) is 12.3 Å². The second kappa shape index (κ2) is 10.4. The largest absolute Gasteiger partial charge is 0.464 e. The molecule has 0 aliphatic heterocycles. The molecule has 0 spiro atoms. The Morgan fingerprint density at radius 3 is 2.62 bits per heavy atom. The van der Waals surface area contributed by atoms with Crippen LogP contribution in [0.3, 0.4) is 0 Å². The van der Waals surface area contributed by atoms with Gasteiger partial charge in [-0.05, 0) is 32.9 Å². The van der Waals surface area contributed by atoms with Crippen LogP contribution >= 0.6 is 11.8 Å². The van der Waals surface area contributed by atoms with Gasteiger partial charge in [-0.25, -0.2) is 4.79 Å². The highest BCUT2D eigenvalue weighted by molar-refractivity contribution is 7.98. The summed E-state index contributed by atoms with van der Waals surface area (Å²) < 4.78 is 34.7. The van der Waals surface area contributed by atoms with Gasteiger partial charge in [0.25, 0.3) is 5.76 Å². The smallest absolute Gasteiger partial charge is 0.407 e. The van der Waals surface area contributed by atoms with Gasteiger partial charge >= 0.3 is 6.09 Å². The minimum absolute atomic E-state index is 0.161. The molecule has 1 rings (SSSR count). The van der Waals surface area contributed by atoms with Crippen LogP contribution in [0.5, 0.6) is 0 Å². The van der Waals surface area contributed by atoms with Gasteiger partial charge in [-0.15, -0.1) is 0 Å². The summed E-state index contributed by atoms with van der Waals surface area (Å²) in [5, 5.41) is 5.74. The molecule has 1 aromatic heterocycles. The highest BCUT2D eigenvalue weighted by Crippen LogP contribution is 2.21. The predicted molar refractivity (Wildman–Crippen MR) is 91.1 cm³/mol. The van der Waals surface area contributed by atoms with E-state index in [2.05, 4.69) is 10.6 Å². The normalized spacial score (nSPS) is 12.1. The van der Waals surface area contributed by atoms with Crippen molar-refractivity contribution < 1.29 is 22.7 Å². The Bertz CT molecular complexity index is 528. The topological polar surface area (TPSA) is 63.5 Å². The predicted octanol–water partition coefficient (Wildman–Crippen LogP) is 3.91. The lowest BCUT2D eigenvalue weighted by atomic mass is 10.2. The Labute approximate surface area is 145 Å². The SMILES string of the molecule is CC(C)(C)OC(=O)NC/C=C/CNCc1ccc(CSC(F)F)o1. The molecular weight excluding hydrogens is 338 g/mol.